The first-order valence-electron chi connectivity index (χ1n) is 5.54. The van der Waals surface area contributed by atoms with E-state index in [0.29, 0.717) is 6.04 Å². The van der Waals surface area contributed by atoms with Crippen LogP contribution in [0.1, 0.15) is 24.8 Å². The molecular formula is C13H15NS. The number of thiophene rings is 1. The van der Waals surface area contributed by atoms with Gasteiger partial charge in [0.1, 0.15) is 0 Å². The van der Waals surface area contributed by atoms with Crippen molar-refractivity contribution in [2.45, 2.75) is 25.3 Å². The number of benzene rings is 1. The molecule has 1 aliphatic rings. The van der Waals surface area contributed by atoms with E-state index < -0.39 is 0 Å². The second-order valence-electron chi connectivity index (χ2n) is 4.43. The molecule has 2 heterocycles. The van der Waals surface area contributed by atoms with Gasteiger partial charge in [-0.15, -0.1) is 11.3 Å². The lowest BCUT2D eigenvalue weighted by Gasteiger charge is -2.06. The zero-order valence-corrected chi connectivity index (χ0v) is 9.68. The first-order chi connectivity index (χ1) is 7.34. The molecule has 0 bridgehead atoms. The molecule has 1 nitrogen and oxygen atoms in total. The van der Waals surface area contributed by atoms with Crippen molar-refractivity contribution in [3.8, 4) is 0 Å². The first-order valence-corrected chi connectivity index (χ1v) is 6.42. The summed E-state index contributed by atoms with van der Waals surface area (Å²) in [6.07, 6.45) is 1.28. The largest absolute Gasteiger partial charge is 0.314 e. The van der Waals surface area contributed by atoms with Gasteiger partial charge in [0.2, 0.25) is 0 Å². The van der Waals surface area contributed by atoms with Crippen molar-refractivity contribution >= 4 is 21.4 Å². The fourth-order valence-corrected chi connectivity index (χ4v) is 3.53. The molecule has 2 aromatic rings. The van der Waals surface area contributed by atoms with Gasteiger partial charge in [-0.3, -0.25) is 0 Å². The monoisotopic (exact) mass is 217 g/mol. The number of fused-ring (bicyclic) bond motifs is 1. The highest BCUT2D eigenvalue weighted by molar-refractivity contribution is 7.17. The molecule has 1 aromatic heterocycles. The zero-order valence-electron chi connectivity index (χ0n) is 8.86. The average molecular weight is 217 g/mol. The lowest BCUT2D eigenvalue weighted by atomic mass is 9.96. The fourth-order valence-electron chi connectivity index (χ4n) is 2.49. The Morgan fingerprint density at radius 2 is 2.20 bits per heavy atom. The summed E-state index contributed by atoms with van der Waals surface area (Å²) in [6, 6.07) is 9.41. The molecule has 0 aliphatic carbocycles. The maximum absolute atomic E-state index is 3.53. The molecule has 1 aromatic carbocycles. The summed E-state index contributed by atoms with van der Waals surface area (Å²) in [6.45, 7) is 3.41. The molecule has 1 N–H and O–H groups in total. The van der Waals surface area contributed by atoms with Crippen LogP contribution in [0.5, 0.6) is 0 Å². The average Bonchev–Trinajstić information content (AvgIpc) is 2.83. The third kappa shape index (κ3) is 1.58. The number of nitrogens with one attached hydrogen (secondary N) is 1. The molecule has 2 heteroatoms. The standard InChI is InChI=1S/C13H15NS/c1-9-6-10(7-14-9)12-8-15-13-5-3-2-4-11(12)13/h2-5,8-10,14H,6-7H2,1H3. The lowest BCUT2D eigenvalue weighted by Crippen LogP contribution is -2.16. The first kappa shape index (κ1) is 9.37. The van der Waals surface area contributed by atoms with Crippen molar-refractivity contribution in [1.82, 2.24) is 5.32 Å². The molecule has 1 aliphatic heterocycles. The van der Waals surface area contributed by atoms with E-state index in [1.807, 2.05) is 11.3 Å². The van der Waals surface area contributed by atoms with Crippen molar-refractivity contribution in [3.63, 3.8) is 0 Å². The van der Waals surface area contributed by atoms with Gasteiger partial charge in [0.15, 0.2) is 0 Å². The SMILES string of the molecule is CC1CC(c2csc3ccccc23)CN1. The topological polar surface area (TPSA) is 12.0 Å². The molecule has 15 heavy (non-hydrogen) atoms. The molecule has 1 saturated heterocycles. The van der Waals surface area contributed by atoms with Gasteiger partial charge < -0.3 is 5.32 Å². The van der Waals surface area contributed by atoms with E-state index in [0.717, 1.165) is 12.5 Å². The van der Waals surface area contributed by atoms with Crippen LogP contribution >= 0.6 is 11.3 Å². The number of hydrogen-bond acceptors (Lipinski definition) is 2. The fraction of sp³-hybridized carbons (Fsp3) is 0.385. The van der Waals surface area contributed by atoms with E-state index in [-0.39, 0.29) is 0 Å². The normalized spacial score (nSPS) is 26.2. The summed E-state index contributed by atoms with van der Waals surface area (Å²) in [5, 5.41) is 7.33. The van der Waals surface area contributed by atoms with Gasteiger partial charge >= 0.3 is 0 Å². The molecule has 0 radical (unpaired) electrons. The Hall–Kier alpha value is -0.860. The van der Waals surface area contributed by atoms with Gasteiger partial charge in [-0.25, -0.2) is 0 Å². The van der Waals surface area contributed by atoms with Crippen LogP contribution in [0.15, 0.2) is 29.6 Å². The molecule has 1 fully saturated rings. The summed E-state index contributed by atoms with van der Waals surface area (Å²) >= 11 is 1.87. The van der Waals surface area contributed by atoms with E-state index in [2.05, 4.69) is 41.9 Å². The van der Waals surface area contributed by atoms with E-state index in [4.69, 9.17) is 0 Å². The summed E-state index contributed by atoms with van der Waals surface area (Å²) < 4.78 is 1.42. The van der Waals surface area contributed by atoms with Crippen LogP contribution in [0.2, 0.25) is 0 Å². The van der Waals surface area contributed by atoms with Crippen molar-refractivity contribution in [2.75, 3.05) is 6.54 Å². The molecular weight excluding hydrogens is 202 g/mol. The van der Waals surface area contributed by atoms with Gasteiger partial charge in [-0.05, 0) is 41.7 Å². The van der Waals surface area contributed by atoms with Gasteiger partial charge in [0.05, 0.1) is 0 Å². The van der Waals surface area contributed by atoms with Crippen molar-refractivity contribution < 1.29 is 0 Å². The van der Waals surface area contributed by atoms with E-state index >= 15 is 0 Å². The van der Waals surface area contributed by atoms with E-state index in [1.54, 1.807) is 5.56 Å². The highest BCUT2D eigenvalue weighted by atomic mass is 32.1. The minimum absolute atomic E-state index is 0.675. The van der Waals surface area contributed by atoms with Crippen molar-refractivity contribution in [1.29, 1.82) is 0 Å². The van der Waals surface area contributed by atoms with E-state index in [1.165, 1.54) is 16.5 Å². The molecule has 78 valence electrons. The Morgan fingerprint density at radius 1 is 1.33 bits per heavy atom. The lowest BCUT2D eigenvalue weighted by molar-refractivity contribution is 0.659. The molecule has 0 amide bonds. The maximum atomic E-state index is 3.53. The van der Waals surface area contributed by atoms with Gasteiger partial charge in [-0.1, -0.05) is 18.2 Å². The summed E-state index contributed by atoms with van der Waals surface area (Å²) in [5.41, 5.74) is 1.55. The minimum atomic E-state index is 0.675. The predicted octanol–water partition coefficient (Wildman–Crippen LogP) is 3.37. The third-order valence-electron chi connectivity index (χ3n) is 3.30. The Labute approximate surface area is 94.1 Å². The quantitative estimate of drug-likeness (QED) is 0.772. The summed E-state index contributed by atoms with van der Waals surface area (Å²) in [5.74, 6) is 0.719. The number of rotatable bonds is 1. The molecule has 0 spiro atoms. The van der Waals surface area contributed by atoms with Gasteiger partial charge in [0.25, 0.3) is 0 Å². The molecule has 3 rings (SSSR count). The number of hydrogen-bond donors (Lipinski definition) is 1. The molecule has 0 saturated carbocycles. The Balaban J connectivity index is 2.04. The predicted molar refractivity (Wildman–Crippen MR) is 66.6 cm³/mol. The maximum Gasteiger partial charge on any atom is 0.0345 e. The van der Waals surface area contributed by atoms with Crippen LogP contribution in [0.3, 0.4) is 0 Å². The van der Waals surface area contributed by atoms with Crippen LogP contribution in [-0.4, -0.2) is 12.6 Å². The second-order valence-corrected chi connectivity index (χ2v) is 5.34. The molecule has 2 unspecified atom stereocenters. The van der Waals surface area contributed by atoms with Crippen LogP contribution in [-0.2, 0) is 0 Å². The van der Waals surface area contributed by atoms with Crippen LogP contribution < -0.4 is 5.32 Å². The Kier molecular flexibility index (Phi) is 2.26. The third-order valence-corrected chi connectivity index (χ3v) is 4.28. The van der Waals surface area contributed by atoms with Gasteiger partial charge in [0, 0.05) is 17.3 Å². The summed E-state index contributed by atoms with van der Waals surface area (Å²) in [4.78, 5) is 0. The Morgan fingerprint density at radius 3 is 3.00 bits per heavy atom. The van der Waals surface area contributed by atoms with Crippen molar-refractivity contribution in [2.24, 2.45) is 0 Å². The van der Waals surface area contributed by atoms with E-state index in [9.17, 15) is 0 Å². The highest BCUT2D eigenvalue weighted by Gasteiger charge is 2.23. The molecule has 2 atom stereocenters. The van der Waals surface area contributed by atoms with Crippen molar-refractivity contribution in [3.05, 3.63) is 35.2 Å². The Bertz CT molecular complexity index is 474. The summed E-state index contributed by atoms with van der Waals surface area (Å²) in [7, 11) is 0. The minimum Gasteiger partial charge on any atom is -0.314 e. The van der Waals surface area contributed by atoms with Crippen LogP contribution in [0.25, 0.3) is 10.1 Å². The highest BCUT2D eigenvalue weighted by Crippen LogP contribution is 2.35. The van der Waals surface area contributed by atoms with Crippen LogP contribution in [0, 0.1) is 0 Å². The smallest absolute Gasteiger partial charge is 0.0345 e. The zero-order chi connectivity index (χ0) is 10.3. The second kappa shape index (κ2) is 3.62. The van der Waals surface area contributed by atoms with Crippen LogP contribution in [0.4, 0.5) is 0 Å². The van der Waals surface area contributed by atoms with Gasteiger partial charge in [-0.2, -0.15) is 0 Å².